The summed E-state index contributed by atoms with van der Waals surface area (Å²) in [5, 5.41) is 8.53. The number of hydrogen-bond acceptors (Lipinski definition) is 2. The highest BCUT2D eigenvalue weighted by molar-refractivity contribution is 6.30. The molecule has 21 heavy (non-hydrogen) atoms. The van der Waals surface area contributed by atoms with Crippen LogP contribution < -0.4 is 5.32 Å². The van der Waals surface area contributed by atoms with Crippen LogP contribution in [-0.4, -0.2) is 22.9 Å². The van der Waals surface area contributed by atoms with E-state index in [-0.39, 0.29) is 0 Å². The lowest BCUT2D eigenvalue weighted by atomic mass is 9.93. The highest BCUT2D eigenvalue weighted by Crippen LogP contribution is 2.18. The molecule has 1 aromatic carbocycles. The van der Waals surface area contributed by atoms with Gasteiger partial charge in [0.25, 0.3) is 0 Å². The average Bonchev–Trinajstić information content (AvgIpc) is 2.87. The third-order valence-electron chi connectivity index (χ3n) is 3.70. The molecule has 1 unspecified atom stereocenters. The summed E-state index contributed by atoms with van der Waals surface area (Å²) in [6, 6.07) is 8.20. The summed E-state index contributed by atoms with van der Waals surface area (Å²) < 4.78 is 1.87. The van der Waals surface area contributed by atoms with E-state index in [1.165, 1.54) is 11.1 Å². The van der Waals surface area contributed by atoms with E-state index in [1.807, 2.05) is 30.1 Å². The van der Waals surface area contributed by atoms with Crippen molar-refractivity contribution in [3.8, 4) is 0 Å². The summed E-state index contributed by atoms with van der Waals surface area (Å²) in [5.74, 6) is 0.614. The fourth-order valence-corrected chi connectivity index (χ4v) is 2.81. The van der Waals surface area contributed by atoms with E-state index in [1.54, 1.807) is 0 Å². The molecule has 1 N–H and O–H groups in total. The fraction of sp³-hybridized carbons (Fsp3) is 0.471. The standard InChI is InChI=1S/C17H24ClN3/c1-3-19-11-15(7-8-16-12-20-21(2)13-16)9-14-5-4-6-17(18)10-14/h4-6,10,12-13,15,19H,3,7-9,11H2,1-2H3. The molecule has 0 radical (unpaired) electrons. The SMILES string of the molecule is CCNCC(CCc1cnn(C)c1)Cc1cccc(Cl)c1. The van der Waals surface area contributed by atoms with Crippen LogP contribution in [0, 0.1) is 5.92 Å². The van der Waals surface area contributed by atoms with Crippen LogP contribution in [0.1, 0.15) is 24.5 Å². The Bertz CT molecular complexity index is 550. The maximum atomic E-state index is 6.08. The Hall–Kier alpha value is -1.32. The topological polar surface area (TPSA) is 29.9 Å². The minimum atomic E-state index is 0.614. The van der Waals surface area contributed by atoms with Gasteiger partial charge in [0.05, 0.1) is 6.20 Å². The van der Waals surface area contributed by atoms with Crippen LogP contribution in [0.5, 0.6) is 0 Å². The second kappa shape index (κ2) is 8.20. The van der Waals surface area contributed by atoms with E-state index in [9.17, 15) is 0 Å². The Balaban J connectivity index is 1.93. The largest absolute Gasteiger partial charge is 0.317 e. The van der Waals surface area contributed by atoms with E-state index >= 15 is 0 Å². The maximum Gasteiger partial charge on any atom is 0.0521 e. The first kappa shape index (κ1) is 16.1. The highest BCUT2D eigenvalue weighted by Gasteiger charge is 2.11. The van der Waals surface area contributed by atoms with Gasteiger partial charge in [-0.05, 0) is 61.5 Å². The minimum Gasteiger partial charge on any atom is -0.317 e. The van der Waals surface area contributed by atoms with Crippen LogP contribution in [0.3, 0.4) is 0 Å². The highest BCUT2D eigenvalue weighted by atomic mass is 35.5. The number of benzene rings is 1. The number of hydrogen-bond donors (Lipinski definition) is 1. The van der Waals surface area contributed by atoms with Crippen LogP contribution in [-0.2, 0) is 19.9 Å². The van der Waals surface area contributed by atoms with Gasteiger partial charge in [-0.1, -0.05) is 30.7 Å². The zero-order chi connectivity index (χ0) is 15.1. The van der Waals surface area contributed by atoms with E-state index in [0.29, 0.717) is 5.92 Å². The summed E-state index contributed by atoms with van der Waals surface area (Å²) in [4.78, 5) is 0. The van der Waals surface area contributed by atoms with E-state index in [0.717, 1.165) is 37.4 Å². The van der Waals surface area contributed by atoms with Gasteiger partial charge in [-0.15, -0.1) is 0 Å². The van der Waals surface area contributed by atoms with Gasteiger partial charge in [0.1, 0.15) is 0 Å². The number of aryl methyl sites for hydroxylation is 2. The molecule has 0 spiro atoms. The molecular weight excluding hydrogens is 282 g/mol. The summed E-state index contributed by atoms with van der Waals surface area (Å²) in [5.41, 5.74) is 2.63. The van der Waals surface area contributed by atoms with Gasteiger partial charge < -0.3 is 5.32 Å². The number of rotatable bonds is 8. The van der Waals surface area contributed by atoms with Crippen molar-refractivity contribution in [3.63, 3.8) is 0 Å². The van der Waals surface area contributed by atoms with Crippen LogP contribution in [0.2, 0.25) is 5.02 Å². The molecule has 0 aliphatic carbocycles. The summed E-state index contributed by atoms with van der Waals surface area (Å²) in [6.45, 7) is 4.21. The molecule has 1 heterocycles. The second-order valence-corrected chi connectivity index (χ2v) is 6.01. The third kappa shape index (κ3) is 5.52. The molecule has 2 rings (SSSR count). The number of nitrogens with zero attached hydrogens (tertiary/aromatic N) is 2. The molecule has 0 aliphatic rings. The van der Waals surface area contributed by atoms with E-state index in [2.05, 4.69) is 35.7 Å². The first-order chi connectivity index (χ1) is 10.2. The predicted molar refractivity (Wildman–Crippen MR) is 88.7 cm³/mol. The van der Waals surface area contributed by atoms with Crippen molar-refractivity contribution in [1.82, 2.24) is 15.1 Å². The van der Waals surface area contributed by atoms with Gasteiger partial charge in [-0.2, -0.15) is 5.10 Å². The van der Waals surface area contributed by atoms with Gasteiger partial charge in [0.2, 0.25) is 0 Å². The molecule has 0 saturated carbocycles. The normalized spacial score (nSPS) is 12.5. The summed E-state index contributed by atoms with van der Waals surface area (Å²) >= 11 is 6.08. The second-order valence-electron chi connectivity index (χ2n) is 5.57. The molecule has 4 heteroatoms. The Morgan fingerprint density at radius 2 is 2.19 bits per heavy atom. The first-order valence-electron chi connectivity index (χ1n) is 7.60. The summed E-state index contributed by atoms with van der Waals surface area (Å²) in [6.07, 6.45) is 7.36. The maximum absolute atomic E-state index is 6.08. The first-order valence-corrected chi connectivity index (χ1v) is 7.98. The lowest BCUT2D eigenvalue weighted by Gasteiger charge is -2.17. The molecule has 0 saturated heterocycles. The van der Waals surface area contributed by atoms with Crippen molar-refractivity contribution in [2.24, 2.45) is 13.0 Å². The number of nitrogens with one attached hydrogen (secondary N) is 1. The van der Waals surface area contributed by atoms with Gasteiger partial charge in [0, 0.05) is 18.3 Å². The number of halogens is 1. The summed E-state index contributed by atoms with van der Waals surface area (Å²) in [7, 11) is 1.96. The quantitative estimate of drug-likeness (QED) is 0.809. The third-order valence-corrected chi connectivity index (χ3v) is 3.93. The predicted octanol–water partition coefficient (Wildman–Crippen LogP) is 3.47. The molecule has 0 bridgehead atoms. The molecule has 0 amide bonds. The van der Waals surface area contributed by atoms with Crippen molar-refractivity contribution >= 4 is 11.6 Å². The molecule has 2 aromatic rings. The van der Waals surface area contributed by atoms with Gasteiger partial charge in [0.15, 0.2) is 0 Å². The molecule has 0 fully saturated rings. The van der Waals surface area contributed by atoms with Crippen molar-refractivity contribution in [2.75, 3.05) is 13.1 Å². The Morgan fingerprint density at radius 1 is 1.33 bits per heavy atom. The molecule has 0 aliphatic heterocycles. The van der Waals surface area contributed by atoms with Crippen LogP contribution in [0.4, 0.5) is 0 Å². The van der Waals surface area contributed by atoms with Crippen LogP contribution >= 0.6 is 11.6 Å². The zero-order valence-corrected chi connectivity index (χ0v) is 13.6. The molecule has 1 atom stereocenters. The van der Waals surface area contributed by atoms with Crippen molar-refractivity contribution in [1.29, 1.82) is 0 Å². The molecule has 1 aromatic heterocycles. The molecular formula is C17H24ClN3. The monoisotopic (exact) mass is 305 g/mol. The molecule has 114 valence electrons. The van der Waals surface area contributed by atoms with Gasteiger partial charge in [-0.3, -0.25) is 4.68 Å². The Kier molecular flexibility index (Phi) is 6.27. The molecule has 3 nitrogen and oxygen atoms in total. The van der Waals surface area contributed by atoms with Gasteiger partial charge >= 0.3 is 0 Å². The van der Waals surface area contributed by atoms with Crippen molar-refractivity contribution < 1.29 is 0 Å². The Morgan fingerprint density at radius 3 is 2.86 bits per heavy atom. The van der Waals surface area contributed by atoms with Crippen molar-refractivity contribution in [3.05, 3.63) is 52.8 Å². The average molecular weight is 306 g/mol. The van der Waals surface area contributed by atoms with E-state index in [4.69, 9.17) is 11.6 Å². The minimum absolute atomic E-state index is 0.614. The van der Waals surface area contributed by atoms with Crippen LogP contribution in [0.15, 0.2) is 36.7 Å². The van der Waals surface area contributed by atoms with Gasteiger partial charge in [-0.25, -0.2) is 0 Å². The van der Waals surface area contributed by atoms with E-state index < -0.39 is 0 Å². The van der Waals surface area contributed by atoms with Crippen molar-refractivity contribution in [2.45, 2.75) is 26.2 Å². The zero-order valence-electron chi connectivity index (χ0n) is 12.8. The lowest BCUT2D eigenvalue weighted by Crippen LogP contribution is -2.24. The smallest absolute Gasteiger partial charge is 0.0521 e. The fourth-order valence-electron chi connectivity index (χ4n) is 2.59. The Labute approximate surface area is 132 Å². The van der Waals surface area contributed by atoms with Crippen LogP contribution in [0.25, 0.3) is 0 Å². The lowest BCUT2D eigenvalue weighted by molar-refractivity contribution is 0.449. The number of aromatic nitrogens is 2.